The summed E-state index contributed by atoms with van der Waals surface area (Å²) in [6.07, 6.45) is 5.82. The van der Waals surface area contributed by atoms with E-state index in [1.54, 1.807) is 23.8 Å². The summed E-state index contributed by atoms with van der Waals surface area (Å²) in [5.74, 6) is 1.19. The summed E-state index contributed by atoms with van der Waals surface area (Å²) in [5, 5.41) is 3.51. The quantitative estimate of drug-likeness (QED) is 0.613. The molecule has 2 atom stereocenters. The lowest BCUT2D eigenvalue weighted by molar-refractivity contribution is -0.0138. The van der Waals surface area contributed by atoms with Gasteiger partial charge in [-0.2, -0.15) is 0 Å². The van der Waals surface area contributed by atoms with E-state index in [9.17, 15) is 4.79 Å². The van der Waals surface area contributed by atoms with Crippen molar-refractivity contribution in [3.05, 3.63) is 45.5 Å². The van der Waals surface area contributed by atoms with Crippen LogP contribution in [0.15, 0.2) is 29.8 Å². The Kier molecular flexibility index (Phi) is 5.73. The van der Waals surface area contributed by atoms with Gasteiger partial charge in [0.05, 0.1) is 6.54 Å². The van der Waals surface area contributed by atoms with E-state index >= 15 is 4.39 Å². The molecule has 1 amide bonds. The summed E-state index contributed by atoms with van der Waals surface area (Å²) < 4.78 is 15.3. The van der Waals surface area contributed by atoms with Crippen LogP contribution in [0.1, 0.15) is 49.9 Å². The van der Waals surface area contributed by atoms with Gasteiger partial charge in [-0.05, 0) is 61.1 Å². The Labute approximate surface area is 182 Å². The summed E-state index contributed by atoms with van der Waals surface area (Å²) in [4.78, 5) is 14.7. The molecule has 1 saturated heterocycles. The van der Waals surface area contributed by atoms with E-state index in [1.807, 2.05) is 0 Å². The average Bonchev–Trinajstić information content (AvgIpc) is 2.67. The number of fused-ring (bicyclic) bond motifs is 1. The number of amides is 1. The molecule has 3 aliphatic carbocycles. The number of hydrogen-bond donors (Lipinski definition) is 1. The lowest BCUT2D eigenvalue weighted by Gasteiger charge is -2.57. The first kappa shape index (κ1) is 21.1. The van der Waals surface area contributed by atoms with E-state index in [0.29, 0.717) is 39.8 Å². The molecule has 1 saturated carbocycles. The van der Waals surface area contributed by atoms with E-state index in [-0.39, 0.29) is 12.5 Å². The standard InChI is InChI=1S/C23H29Cl2FN2O/c1-22(2)17-4-3-15(20(22)11-17)13-28-7-5-23(26,6-8-28)14-27-21(29)16-9-18(24)12-19(25)10-16/h3,9-10,12,17,20H,4-8,11,13-14H2,1-2H3,(H,27,29)/t17-,20-/m0/s1. The molecule has 6 heteroatoms. The number of allylic oxidation sites excluding steroid dienone is 1. The molecule has 0 unspecified atom stereocenters. The predicted molar refractivity (Wildman–Crippen MR) is 116 cm³/mol. The molecule has 1 heterocycles. The minimum Gasteiger partial charge on any atom is -0.349 e. The van der Waals surface area contributed by atoms with Crippen molar-refractivity contribution >= 4 is 29.1 Å². The Morgan fingerprint density at radius 3 is 2.45 bits per heavy atom. The van der Waals surface area contributed by atoms with Crippen molar-refractivity contribution in [2.75, 3.05) is 26.2 Å². The number of rotatable bonds is 5. The summed E-state index contributed by atoms with van der Waals surface area (Å²) in [7, 11) is 0. The first-order chi connectivity index (χ1) is 13.7. The van der Waals surface area contributed by atoms with Crippen molar-refractivity contribution in [1.82, 2.24) is 10.2 Å². The smallest absolute Gasteiger partial charge is 0.251 e. The lowest BCUT2D eigenvalue weighted by atomic mass is 9.49. The minimum atomic E-state index is -1.36. The summed E-state index contributed by atoms with van der Waals surface area (Å²) in [6.45, 7) is 7.20. The van der Waals surface area contributed by atoms with Gasteiger partial charge in [0.15, 0.2) is 0 Å². The fourth-order valence-electron chi connectivity index (χ4n) is 5.23. The first-order valence-electron chi connectivity index (χ1n) is 10.5. The van der Waals surface area contributed by atoms with Crippen LogP contribution in [0.2, 0.25) is 10.0 Å². The SMILES string of the molecule is CC1(C)[C@H]2CC=C(CN3CCC(F)(CNC(=O)c4cc(Cl)cc(Cl)c4)CC3)[C@@H]1C2. The Hall–Kier alpha value is -1.10. The van der Waals surface area contributed by atoms with Crippen LogP contribution in [0.5, 0.6) is 0 Å². The summed E-state index contributed by atoms with van der Waals surface area (Å²) >= 11 is 11.9. The third kappa shape index (κ3) is 4.35. The Morgan fingerprint density at radius 1 is 1.21 bits per heavy atom. The molecular formula is C23H29Cl2FN2O. The number of carbonyl (C=O) groups excluding carboxylic acids is 1. The Morgan fingerprint density at radius 2 is 1.86 bits per heavy atom. The highest BCUT2D eigenvalue weighted by Gasteiger charge is 2.51. The van der Waals surface area contributed by atoms with Gasteiger partial charge in [0.1, 0.15) is 5.67 Å². The second kappa shape index (κ2) is 7.86. The second-order valence-electron chi connectivity index (χ2n) is 9.59. The number of piperidine rings is 1. The zero-order chi connectivity index (χ0) is 20.8. The van der Waals surface area contributed by atoms with Crippen molar-refractivity contribution in [3.63, 3.8) is 0 Å². The van der Waals surface area contributed by atoms with E-state index < -0.39 is 5.67 Å². The molecule has 158 valence electrons. The van der Waals surface area contributed by atoms with Crippen LogP contribution in [0.4, 0.5) is 4.39 Å². The third-order valence-corrected chi connectivity index (χ3v) is 7.87. The molecule has 1 aromatic carbocycles. The lowest BCUT2D eigenvalue weighted by Crippen LogP contribution is -2.52. The molecule has 1 aromatic rings. The van der Waals surface area contributed by atoms with Gasteiger partial charge < -0.3 is 5.32 Å². The van der Waals surface area contributed by atoms with Crippen molar-refractivity contribution in [1.29, 1.82) is 0 Å². The number of halogens is 3. The molecule has 0 aromatic heterocycles. The first-order valence-corrected chi connectivity index (χ1v) is 11.3. The van der Waals surface area contributed by atoms with Crippen LogP contribution >= 0.6 is 23.2 Å². The normalized spacial score (nSPS) is 27.7. The molecule has 1 N–H and O–H groups in total. The van der Waals surface area contributed by atoms with E-state index in [0.717, 1.165) is 25.6 Å². The zero-order valence-electron chi connectivity index (χ0n) is 17.1. The fraction of sp³-hybridized carbons (Fsp3) is 0.609. The maximum atomic E-state index is 15.3. The monoisotopic (exact) mass is 438 g/mol. The predicted octanol–water partition coefficient (Wildman–Crippen LogP) is 5.52. The Bertz CT molecular complexity index is 810. The topological polar surface area (TPSA) is 32.3 Å². The van der Waals surface area contributed by atoms with Gasteiger partial charge in [0.25, 0.3) is 5.91 Å². The van der Waals surface area contributed by atoms with Crippen LogP contribution in [0.3, 0.4) is 0 Å². The molecule has 29 heavy (non-hydrogen) atoms. The van der Waals surface area contributed by atoms with E-state index in [1.165, 1.54) is 12.8 Å². The molecule has 4 aliphatic rings. The molecule has 3 nitrogen and oxygen atoms in total. The molecular weight excluding hydrogens is 410 g/mol. The average molecular weight is 439 g/mol. The highest BCUT2D eigenvalue weighted by Crippen LogP contribution is 2.59. The molecule has 2 fully saturated rings. The van der Waals surface area contributed by atoms with Crippen LogP contribution in [0.25, 0.3) is 0 Å². The molecule has 0 spiro atoms. The van der Waals surface area contributed by atoms with E-state index in [2.05, 4.69) is 30.1 Å². The van der Waals surface area contributed by atoms with Crippen molar-refractivity contribution < 1.29 is 9.18 Å². The third-order valence-electron chi connectivity index (χ3n) is 7.43. The molecule has 5 rings (SSSR count). The molecule has 2 bridgehead atoms. The maximum absolute atomic E-state index is 15.3. The number of alkyl halides is 1. The highest BCUT2D eigenvalue weighted by molar-refractivity contribution is 6.35. The van der Waals surface area contributed by atoms with Gasteiger partial charge in [-0.15, -0.1) is 0 Å². The van der Waals surface area contributed by atoms with Crippen molar-refractivity contribution in [3.8, 4) is 0 Å². The molecule has 1 aliphatic heterocycles. The number of carbonyl (C=O) groups is 1. The summed E-state index contributed by atoms with van der Waals surface area (Å²) in [6, 6.07) is 4.65. The van der Waals surface area contributed by atoms with Gasteiger partial charge in [-0.25, -0.2) is 4.39 Å². The number of nitrogens with one attached hydrogen (secondary N) is 1. The second-order valence-corrected chi connectivity index (χ2v) is 10.5. The number of likely N-dealkylation sites (tertiary alicyclic amines) is 1. The fourth-order valence-corrected chi connectivity index (χ4v) is 5.75. The van der Waals surface area contributed by atoms with Crippen LogP contribution in [0, 0.1) is 17.3 Å². The van der Waals surface area contributed by atoms with Gasteiger partial charge in [0.2, 0.25) is 0 Å². The van der Waals surface area contributed by atoms with Crippen LogP contribution in [-0.4, -0.2) is 42.7 Å². The zero-order valence-corrected chi connectivity index (χ0v) is 18.6. The number of benzene rings is 1. The molecule has 0 radical (unpaired) electrons. The van der Waals surface area contributed by atoms with Gasteiger partial charge in [-0.3, -0.25) is 9.69 Å². The minimum absolute atomic E-state index is 0.0177. The van der Waals surface area contributed by atoms with Crippen molar-refractivity contribution in [2.45, 2.75) is 45.2 Å². The van der Waals surface area contributed by atoms with Gasteiger partial charge >= 0.3 is 0 Å². The summed E-state index contributed by atoms with van der Waals surface area (Å²) in [5.41, 5.74) is 0.970. The van der Waals surface area contributed by atoms with Crippen LogP contribution in [-0.2, 0) is 0 Å². The van der Waals surface area contributed by atoms with Gasteiger partial charge in [0, 0.05) is 35.2 Å². The number of hydrogen-bond acceptors (Lipinski definition) is 2. The van der Waals surface area contributed by atoms with E-state index in [4.69, 9.17) is 23.2 Å². The largest absolute Gasteiger partial charge is 0.349 e. The number of nitrogens with zero attached hydrogens (tertiary/aromatic N) is 1. The maximum Gasteiger partial charge on any atom is 0.251 e. The van der Waals surface area contributed by atoms with Gasteiger partial charge in [-0.1, -0.05) is 48.7 Å². The Balaban J connectivity index is 1.27. The highest BCUT2D eigenvalue weighted by atomic mass is 35.5. The van der Waals surface area contributed by atoms with Crippen LogP contribution < -0.4 is 5.32 Å². The van der Waals surface area contributed by atoms with Crippen molar-refractivity contribution in [2.24, 2.45) is 17.3 Å².